The molecule has 30 heavy (non-hydrogen) atoms. The molecule has 156 valence electrons. The van der Waals surface area contributed by atoms with Gasteiger partial charge in [-0.2, -0.15) is 0 Å². The fraction of sp³-hybridized carbons (Fsp3) is 0.409. The maximum Gasteiger partial charge on any atom is 0.257 e. The first-order valence-electron chi connectivity index (χ1n) is 10.3. The fourth-order valence-electron chi connectivity index (χ4n) is 4.24. The summed E-state index contributed by atoms with van der Waals surface area (Å²) in [6.07, 6.45) is 3.97. The average Bonchev–Trinajstić information content (AvgIpc) is 3.09. The Kier molecular flexibility index (Phi) is 4.94. The SMILES string of the molecule is Cc1sc2ncnc(N3CCCC(C)C3)c2c1C(=O)Nc1ccc2c(c1)OCCO2. The number of anilines is 2. The van der Waals surface area contributed by atoms with Crippen LogP contribution in [0.15, 0.2) is 24.5 Å². The minimum Gasteiger partial charge on any atom is -0.486 e. The van der Waals surface area contributed by atoms with Crippen molar-refractivity contribution in [2.24, 2.45) is 5.92 Å². The molecular weight excluding hydrogens is 400 g/mol. The molecule has 0 saturated carbocycles. The van der Waals surface area contributed by atoms with Crippen LogP contribution in [0.5, 0.6) is 11.5 Å². The predicted molar refractivity (Wildman–Crippen MR) is 118 cm³/mol. The second-order valence-electron chi connectivity index (χ2n) is 7.92. The number of aryl methyl sites for hydroxylation is 1. The molecule has 0 bridgehead atoms. The van der Waals surface area contributed by atoms with Crippen LogP contribution in [0.4, 0.5) is 11.5 Å². The minimum absolute atomic E-state index is 0.156. The monoisotopic (exact) mass is 424 g/mol. The Morgan fingerprint density at radius 3 is 2.90 bits per heavy atom. The van der Waals surface area contributed by atoms with Crippen LogP contribution in [0.3, 0.4) is 0 Å². The highest BCUT2D eigenvalue weighted by molar-refractivity contribution is 7.19. The largest absolute Gasteiger partial charge is 0.486 e. The van der Waals surface area contributed by atoms with E-state index in [9.17, 15) is 4.79 Å². The smallest absolute Gasteiger partial charge is 0.257 e. The van der Waals surface area contributed by atoms with Gasteiger partial charge in [-0.25, -0.2) is 9.97 Å². The molecule has 2 aliphatic rings. The number of carbonyl (C=O) groups excluding carboxylic acids is 1. The van der Waals surface area contributed by atoms with Gasteiger partial charge in [0.1, 0.15) is 30.2 Å². The highest BCUT2D eigenvalue weighted by atomic mass is 32.1. The van der Waals surface area contributed by atoms with Gasteiger partial charge >= 0.3 is 0 Å². The predicted octanol–water partition coefficient (Wildman–Crippen LogP) is 4.26. The van der Waals surface area contributed by atoms with E-state index >= 15 is 0 Å². The Labute approximate surface area is 179 Å². The number of nitrogens with zero attached hydrogens (tertiary/aromatic N) is 3. The number of hydrogen-bond acceptors (Lipinski definition) is 7. The molecule has 2 aliphatic heterocycles. The summed E-state index contributed by atoms with van der Waals surface area (Å²) in [5, 5.41) is 3.88. The van der Waals surface area contributed by atoms with Gasteiger partial charge in [-0.1, -0.05) is 6.92 Å². The lowest BCUT2D eigenvalue weighted by atomic mass is 10.00. The zero-order chi connectivity index (χ0) is 20.7. The first kappa shape index (κ1) is 19.1. The van der Waals surface area contributed by atoms with Crippen molar-refractivity contribution < 1.29 is 14.3 Å². The van der Waals surface area contributed by atoms with E-state index in [4.69, 9.17) is 9.47 Å². The molecule has 0 radical (unpaired) electrons. The number of aromatic nitrogens is 2. The molecular formula is C22H24N4O3S. The number of piperidine rings is 1. The third kappa shape index (κ3) is 3.45. The van der Waals surface area contributed by atoms with Gasteiger partial charge in [0.2, 0.25) is 0 Å². The molecule has 2 aromatic heterocycles. The summed E-state index contributed by atoms with van der Waals surface area (Å²) in [7, 11) is 0. The topological polar surface area (TPSA) is 76.6 Å². The third-order valence-corrected chi connectivity index (χ3v) is 6.64. The van der Waals surface area contributed by atoms with Crippen LogP contribution in [0, 0.1) is 12.8 Å². The number of benzene rings is 1. The van der Waals surface area contributed by atoms with E-state index in [0.717, 1.165) is 40.4 Å². The molecule has 5 rings (SSSR count). The van der Waals surface area contributed by atoms with E-state index in [0.29, 0.717) is 41.9 Å². The molecule has 1 atom stereocenters. The Morgan fingerprint density at radius 1 is 1.23 bits per heavy atom. The van der Waals surface area contributed by atoms with Crippen LogP contribution in [0.2, 0.25) is 0 Å². The van der Waals surface area contributed by atoms with Crippen molar-refractivity contribution in [2.75, 3.05) is 36.5 Å². The molecule has 1 aromatic carbocycles. The first-order valence-corrected chi connectivity index (χ1v) is 11.1. The van der Waals surface area contributed by atoms with E-state index in [1.807, 2.05) is 19.1 Å². The molecule has 7 nitrogen and oxygen atoms in total. The zero-order valence-corrected chi connectivity index (χ0v) is 17.9. The van der Waals surface area contributed by atoms with Gasteiger partial charge in [-0.05, 0) is 37.8 Å². The zero-order valence-electron chi connectivity index (χ0n) is 17.1. The quantitative estimate of drug-likeness (QED) is 0.677. The van der Waals surface area contributed by atoms with E-state index in [1.165, 1.54) is 17.8 Å². The number of amides is 1. The van der Waals surface area contributed by atoms with Gasteiger partial charge in [0, 0.05) is 29.7 Å². The summed E-state index contributed by atoms with van der Waals surface area (Å²) in [6.45, 7) is 7.18. The van der Waals surface area contributed by atoms with Crippen molar-refractivity contribution in [3.8, 4) is 11.5 Å². The molecule has 8 heteroatoms. The van der Waals surface area contributed by atoms with Crippen LogP contribution in [-0.4, -0.2) is 42.2 Å². The molecule has 3 aromatic rings. The lowest BCUT2D eigenvalue weighted by molar-refractivity contribution is 0.102. The molecule has 0 spiro atoms. The number of hydrogen-bond donors (Lipinski definition) is 1. The summed E-state index contributed by atoms with van der Waals surface area (Å²) >= 11 is 1.54. The number of carbonyl (C=O) groups is 1. The average molecular weight is 425 g/mol. The van der Waals surface area contributed by atoms with Crippen LogP contribution in [-0.2, 0) is 0 Å². The van der Waals surface area contributed by atoms with Gasteiger partial charge < -0.3 is 19.7 Å². The Balaban J connectivity index is 1.50. The molecule has 0 aliphatic carbocycles. The van der Waals surface area contributed by atoms with Gasteiger partial charge in [0.05, 0.1) is 10.9 Å². The maximum atomic E-state index is 13.3. The van der Waals surface area contributed by atoms with Gasteiger partial charge in [0.15, 0.2) is 11.5 Å². The summed E-state index contributed by atoms with van der Waals surface area (Å²) in [4.78, 5) is 26.5. The fourth-order valence-corrected chi connectivity index (χ4v) is 5.22. The number of thiophene rings is 1. The standard InChI is InChI=1S/C22H24N4O3S/c1-13-4-3-7-26(11-13)20-19-18(14(2)30-22(19)24-12-23-20)21(27)25-15-5-6-16-17(10-15)29-9-8-28-16/h5-6,10,12-13H,3-4,7-9,11H2,1-2H3,(H,25,27). The summed E-state index contributed by atoms with van der Waals surface area (Å²) < 4.78 is 11.2. The van der Waals surface area contributed by atoms with E-state index in [2.05, 4.69) is 27.1 Å². The number of rotatable bonds is 3. The highest BCUT2D eigenvalue weighted by Gasteiger charge is 2.26. The van der Waals surface area contributed by atoms with Crippen LogP contribution < -0.4 is 19.7 Å². The lowest BCUT2D eigenvalue weighted by Crippen LogP contribution is -2.35. The van der Waals surface area contributed by atoms with Crippen molar-refractivity contribution in [1.29, 1.82) is 0 Å². The van der Waals surface area contributed by atoms with Crippen LogP contribution in [0.1, 0.15) is 35.0 Å². The Morgan fingerprint density at radius 2 is 2.07 bits per heavy atom. The molecule has 1 unspecified atom stereocenters. The second kappa shape index (κ2) is 7.75. The van der Waals surface area contributed by atoms with E-state index in [-0.39, 0.29) is 5.91 Å². The third-order valence-electron chi connectivity index (χ3n) is 5.63. The van der Waals surface area contributed by atoms with Crippen LogP contribution in [0.25, 0.3) is 10.2 Å². The summed E-state index contributed by atoms with van der Waals surface area (Å²) in [5.41, 5.74) is 1.33. The van der Waals surface area contributed by atoms with Gasteiger partial charge in [-0.15, -0.1) is 11.3 Å². The number of fused-ring (bicyclic) bond motifs is 2. The first-order chi connectivity index (χ1) is 14.6. The lowest BCUT2D eigenvalue weighted by Gasteiger charge is -2.32. The number of nitrogens with one attached hydrogen (secondary N) is 1. The van der Waals surface area contributed by atoms with E-state index in [1.54, 1.807) is 12.4 Å². The minimum atomic E-state index is -0.156. The molecule has 1 saturated heterocycles. The molecule has 1 N–H and O–H groups in total. The maximum absolute atomic E-state index is 13.3. The molecule has 4 heterocycles. The van der Waals surface area contributed by atoms with Crippen molar-refractivity contribution >= 4 is 39.0 Å². The number of ether oxygens (including phenoxy) is 2. The van der Waals surface area contributed by atoms with Gasteiger partial charge in [-0.3, -0.25) is 4.79 Å². The second-order valence-corrected chi connectivity index (χ2v) is 9.12. The van der Waals surface area contributed by atoms with Crippen LogP contribution >= 0.6 is 11.3 Å². The Hall–Kier alpha value is -2.87. The van der Waals surface area contributed by atoms with Crippen molar-refractivity contribution in [3.63, 3.8) is 0 Å². The van der Waals surface area contributed by atoms with Crippen molar-refractivity contribution in [2.45, 2.75) is 26.7 Å². The van der Waals surface area contributed by atoms with E-state index < -0.39 is 0 Å². The highest BCUT2D eigenvalue weighted by Crippen LogP contribution is 2.37. The molecule has 1 fully saturated rings. The Bertz CT molecular complexity index is 1110. The summed E-state index contributed by atoms with van der Waals surface area (Å²) in [6, 6.07) is 5.46. The van der Waals surface area contributed by atoms with Gasteiger partial charge in [0.25, 0.3) is 5.91 Å². The van der Waals surface area contributed by atoms with Crippen molar-refractivity contribution in [1.82, 2.24) is 9.97 Å². The normalized spacial score (nSPS) is 18.5. The molecule has 1 amide bonds. The summed E-state index contributed by atoms with van der Waals surface area (Å²) in [5.74, 6) is 2.67. The van der Waals surface area contributed by atoms with Crippen molar-refractivity contribution in [3.05, 3.63) is 35.0 Å².